The molecule has 0 saturated carbocycles. The van der Waals surface area contributed by atoms with E-state index in [0.717, 1.165) is 17.0 Å². The van der Waals surface area contributed by atoms with Crippen LogP contribution in [0.4, 0.5) is 10.1 Å². The summed E-state index contributed by atoms with van der Waals surface area (Å²) >= 11 is 0. The Balaban J connectivity index is 1.83. The summed E-state index contributed by atoms with van der Waals surface area (Å²) in [6, 6.07) is 9.77. The van der Waals surface area contributed by atoms with Crippen molar-refractivity contribution >= 4 is 27.6 Å². The van der Waals surface area contributed by atoms with Gasteiger partial charge in [0.15, 0.2) is 0 Å². The number of hydrogen-bond donors (Lipinski definition) is 0. The second-order valence-corrected chi connectivity index (χ2v) is 6.65. The van der Waals surface area contributed by atoms with Crippen LogP contribution in [0.3, 0.4) is 0 Å². The number of amides is 2. The number of imide groups is 1. The van der Waals surface area contributed by atoms with Crippen molar-refractivity contribution in [3.05, 3.63) is 54.3 Å². The smallest absolute Gasteiger partial charge is 0.339 e. The van der Waals surface area contributed by atoms with Crippen molar-refractivity contribution in [3.63, 3.8) is 0 Å². The van der Waals surface area contributed by atoms with E-state index in [9.17, 15) is 22.4 Å². The summed E-state index contributed by atoms with van der Waals surface area (Å²) in [5.41, 5.74) is 0.309. The highest BCUT2D eigenvalue weighted by Gasteiger charge is 2.30. The molecule has 1 aliphatic heterocycles. The predicted molar refractivity (Wildman–Crippen MR) is 82.4 cm³/mol. The highest BCUT2D eigenvalue weighted by atomic mass is 32.2. The fourth-order valence-electron chi connectivity index (χ4n) is 2.29. The number of nitrogens with zero attached hydrogens (tertiary/aromatic N) is 1. The van der Waals surface area contributed by atoms with Gasteiger partial charge in [-0.2, -0.15) is 8.42 Å². The van der Waals surface area contributed by atoms with E-state index in [4.69, 9.17) is 4.18 Å². The van der Waals surface area contributed by atoms with Crippen LogP contribution in [0.25, 0.3) is 0 Å². The number of rotatable bonds is 4. The summed E-state index contributed by atoms with van der Waals surface area (Å²) in [5.74, 6) is -1.18. The molecule has 0 atom stereocenters. The van der Waals surface area contributed by atoms with Gasteiger partial charge in [0.25, 0.3) is 0 Å². The quantitative estimate of drug-likeness (QED) is 0.625. The summed E-state index contributed by atoms with van der Waals surface area (Å²) in [5, 5.41) is 0. The third-order valence-electron chi connectivity index (χ3n) is 3.45. The van der Waals surface area contributed by atoms with Gasteiger partial charge in [0.2, 0.25) is 11.8 Å². The first-order chi connectivity index (χ1) is 11.4. The molecule has 0 radical (unpaired) electrons. The molecule has 124 valence electrons. The first-order valence-corrected chi connectivity index (χ1v) is 8.43. The number of benzene rings is 2. The molecule has 2 aromatic rings. The van der Waals surface area contributed by atoms with Gasteiger partial charge in [-0.3, -0.25) is 14.5 Å². The van der Waals surface area contributed by atoms with Crippen molar-refractivity contribution < 1.29 is 26.6 Å². The summed E-state index contributed by atoms with van der Waals surface area (Å²) in [6.07, 6.45) is 0.291. The van der Waals surface area contributed by atoms with Gasteiger partial charge < -0.3 is 4.18 Å². The van der Waals surface area contributed by atoms with Gasteiger partial charge in [0.1, 0.15) is 16.5 Å². The molecular formula is C16H12FNO5S. The lowest BCUT2D eigenvalue weighted by molar-refractivity contribution is -0.121. The SMILES string of the molecule is O=C1CCC(=O)N1c1ccc(S(=O)(=O)Oc2ccc(F)cc2)cc1. The fraction of sp³-hybridized carbons (Fsp3) is 0.125. The van der Waals surface area contributed by atoms with E-state index in [1.165, 1.54) is 36.4 Å². The molecule has 24 heavy (non-hydrogen) atoms. The van der Waals surface area contributed by atoms with Crippen LogP contribution >= 0.6 is 0 Å². The van der Waals surface area contributed by atoms with Gasteiger partial charge in [0, 0.05) is 12.8 Å². The summed E-state index contributed by atoms with van der Waals surface area (Å²) in [7, 11) is -4.10. The lowest BCUT2D eigenvalue weighted by Gasteiger charge is -2.14. The second-order valence-electron chi connectivity index (χ2n) is 5.11. The fourth-order valence-corrected chi connectivity index (χ4v) is 3.22. The third kappa shape index (κ3) is 3.13. The Bertz CT molecular complexity index is 875. The van der Waals surface area contributed by atoms with Crippen molar-refractivity contribution in [2.45, 2.75) is 17.7 Å². The van der Waals surface area contributed by atoms with Crippen molar-refractivity contribution in [3.8, 4) is 5.75 Å². The van der Waals surface area contributed by atoms with E-state index in [1.807, 2.05) is 0 Å². The van der Waals surface area contributed by atoms with Crippen molar-refractivity contribution in [1.29, 1.82) is 0 Å². The number of halogens is 1. The van der Waals surface area contributed by atoms with E-state index < -0.39 is 15.9 Å². The molecule has 0 spiro atoms. The zero-order valence-corrected chi connectivity index (χ0v) is 13.1. The molecule has 1 fully saturated rings. The number of carbonyl (C=O) groups is 2. The Kier molecular flexibility index (Phi) is 4.06. The van der Waals surface area contributed by atoms with Crippen LogP contribution in [0.5, 0.6) is 5.75 Å². The molecule has 2 amide bonds. The van der Waals surface area contributed by atoms with Crippen molar-refractivity contribution in [2.75, 3.05) is 4.90 Å². The minimum Gasteiger partial charge on any atom is -0.379 e. The van der Waals surface area contributed by atoms with Gasteiger partial charge in [-0.05, 0) is 48.5 Å². The molecule has 0 bridgehead atoms. The van der Waals surface area contributed by atoms with Crippen LogP contribution in [-0.4, -0.2) is 20.2 Å². The summed E-state index contributed by atoms with van der Waals surface area (Å²) in [6.45, 7) is 0. The summed E-state index contributed by atoms with van der Waals surface area (Å²) in [4.78, 5) is 24.2. The topological polar surface area (TPSA) is 80.8 Å². The molecular weight excluding hydrogens is 337 g/mol. The van der Waals surface area contributed by atoms with E-state index >= 15 is 0 Å². The zero-order valence-electron chi connectivity index (χ0n) is 12.3. The molecule has 0 unspecified atom stereocenters. The lowest BCUT2D eigenvalue weighted by atomic mass is 10.3. The predicted octanol–water partition coefficient (Wildman–Crippen LogP) is 2.25. The van der Waals surface area contributed by atoms with E-state index in [0.29, 0.717) is 5.69 Å². The monoisotopic (exact) mass is 349 g/mol. The second kappa shape index (κ2) is 6.04. The molecule has 1 heterocycles. The van der Waals surface area contributed by atoms with Crippen molar-refractivity contribution in [1.82, 2.24) is 0 Å². The maximum atomic E-state index is 12.8. The first kappa shape index (κ1) is 16.1. The van der Waals surface area contributed by atoms with E-state index in [2.05, 4.69) is 0 Å². The van der Waals surface area contributed by atoms with Crippen LogP contribution in [-0.2, 0) is 19.7 Å². The van der Waals surface area contributed by atoms with Crippen LogP contribution in [0.2, 0.25) is 0 Å². The van der Waals surface area contributed by atoms with Crippen LogP contribution in [0, 0.1) is 5.82 Å². The molecule has 3 rings (SSSR count). The Morgan fingerprint density at radius 1 is 0.875 bits per heavy atom. The number of anilines is 1. The molecule has 0 aromatic heterocycles. The van der Waals surface area contributed by atoms with Gasteiger partial charge in [0.05, 0.1) is 5.69 Å². The van der Waals surface area contributed by atoms with Gasteiger partial charge in [-0.25, -0.2) is 4.39 Å². The third-order valence-corrected chi connectivity index (χ3v) is 4.72. The average Bonchev–Trinajstić information content (AvgIpc) is 2.88. The van der Waals surface area contributed by atoms with Gasteiger partial charge in [-0.15, -0.1) is 0 Å². The number of hydrogen-bond acceptors (Lipinski definition) is 5. The van der Waals surface area contributed by atoms with E-state index in [-0.39, 0.29) is 35.3 Å². The molecule has 1 saturated heterocycles. The van der Waals surface area contributed by atoms with Gasteiger partial charge >= 0.3 is 10.1 Å². The maximum Gasteiger partial charge on any atom is 0.339 e. The van der Waals surface area contributed by atoms with Crippen LogP contribution < -0.4 is 9.08 Å². The molecule has 0 aliphatic carbocycles. The first-order valence-electron chi connectivity index (χ1n) is 7.03. The largest absolute Gasteiger partial charge is 0.379 e. The molecule has 1 aliphatic rings. The minimum absolute atomic E-state index is 0.0228. The zero-order chi connectivity index (χ0) is 17.3. The lowest BCUT2D eigenvalue weighted by Crippen LogP contribution is -2.28. The Morgan fingerprint density at radius 3 is 1.96 bits per heavy atom. The van der Waals surface area contributed by atoms with Crippen molar-refractivity contribution in [2.24, 2.45) is 0 Å². The maximum absolute atomic E-state index is 12.8. The average molecular weight is 349 g/mol. The van der Waals surface area contributed by atoms with Crippen LogP contribution in [0.1, 0.15) is 12.8 Å². The highest BCUT2D eigenvalue weighted by molar-refractivity contribution is 7.87. The highest BCUT2D eigenvalue weighted by Crippen LogP contribution is 2.25. The Hall–Kier alpha value is -2.74. The molecule has 6 nitrogen and oxygen atoms in total. The number of carbonyl (C=O) groups excluding carboxylic acids is 2. The Labute approximate surface area is 137 Å². The normalized spacial score (nSPS) is 15.0. The molecule has 2 aromatic carbocycles. The summed E-state index contributed by atoms with van der Waals surface area (Å²) < 4.78 is 42.1. The molecule has 8 heteroatoms. The standard InChI is InChI=1S/C16H12FNO5S/c17-11-1-5-13(6-2-11)23-24(21,22)14-7-3-12(4-8-14)18-15(19)9-10-16(18)20/h1-8H,9-10H2. The van der Waals surface area contributed by atoms with Gasteiger partial charge in [-0.1, -0.05) is 0 Å². The van der Waals surface area contributed by atoms with Crippen LogP contribution in [0.15, 0.2) is 53.4 Å². The molecule has 0 N–H and O–H groups in total. The van der Waals surface area contributed by atoms with E-state index in [1.54, 1.807) is 0 Å². The Morgan fingerprint density at radius 2 is 1.42 bits per heavy atom. The minimum atomic E-state index is -4.10.